The fraction of sp³-hybridized carbons (Fsp3) is 0.111. The summed E-state index contributed by atoms with van der Waals surface area (Å²) >= 11 is 0. The summed E-state index contributed by atoms with van der Waals surface area (Å²) in [5.74, 6) is -1.74. The van der Waals surface area contributed by atoms with Crippen LogP contribution in [0.15, 0.2) is 34.2 Å². The molecular weight excluding hydrogens is 188 g/mol. The third-order valence-electron chi connectivity index (χ3n) is 1.37. The molecule has 0 saturated carbocycles. The second-order valence-corrected chi connectivity index (χ2v) is 2.38. The van der Waals surface area contributed by atoms with E-state index < -0.39 is 17.2 Å². The highest BCUT2D eigenvalue weighted by molar-refractivity contribution is 5.84. The van der Waals surface area contributed by atoms with Gasteiger partial charge in [0.1, 0.15) is 12.9 Å². The molecule has 0 atom stereocenters. The molecular formula is C9H8O5. The summed E-state index contributed by atoms with van der Waals surface area (Å²) in [6.07, 6.45) is 2.43. The Balaban J connectivity index is 2.95. The third kappa shape index (κ3) is 2.22. The molecule has 14 heavy (non-hydrogen) atoms. The molecule has 0 fully saturated rings. The maximum atomic E-state index is 11.2. The van der Waals surface area contributed by atoms with Crippen molar-refractivity contribution in [3.05, 3.63) is 41.0 Å². The van der Waals surface area contributed by atoms with Gasteiger partial charge in [0.05, 0.1) is 0 Å². The Morgan fingerprint density at radius 1 is 1.71 bits per heavy atom. The highest BCUT2D eigenvalue weighted by Crippen LogP contribution is 2.05. The lowest BCUT2D eigenvalue weighted by Crippen LogP contribution is -2.09. The lowest BCUT2D eigenvalue weighted by Gasteiger charge is -2.00. The van der Waals surface area contributed by atoms with Gasteiger partial charge in [-0.25, -0.2) is 4.79 Å². The largest absolute Gasteiger partial charge is 0.482 e. The third-order valence-corrected chi connectivity index (χ3v) is 1.37. The van der Waals surface area contributed by atoms with E-state index in [1.165, 1.54) is 6.08 Å². The molecule has 0 aliphatic heterocycles. The average molecular weight is 196 g/mol. The SMILES string of the molecule is C=CCOc1coc(C(=O)O)cc1=O. The van der Waals surface area contributed by atoms with Crippen LogP contribution in [-0.4, -0.2) is 17.7 Å². The Hall–Kier alpha value is -2.04. The Morgan fingerprint density at radius 3 is 2.93 bits per heavy atom. The molecule has 1 aromatic rings. The summed E-state index contributed by atoms with van der Waals surface area (Å²) < 4.78 is 9.54. The summed E-state index contributed by atoms with van der Waals surface area (Å²) in [4.78, 5) is 21.6. The number of hydrogen-bond donors (Lipinski definition) is 1. The number of carboxylic acids is 1. The molecule has 0 bridgehead atoms. The standard InChI is InChI=1S/C9H8O5/c1-2-3-13-8-5-14-7(9(11)12)4-6(8)10/h2,4-5H,1,3H2,(H,11,12). The molecule has 0 saturated heterocycles. The van der Waals surface area contributed by atoms with Gasteiger partial charge in [0, 0.05) is 6.07 Å². The van der Waals surface area contributed by atoms with Crippen molar-refractivity contribution in [1.29, 1.82) is 0 Å². The van der Waals surface area contributed by atoms with Crippen LogP contribution in [0, 0.1) is 0 Å². The van der Waals surface area contributed by atoms with Gasteiger partial charge < -0.3 is 14.3 Å². The van der Waals surface area contributed by atoms with Crippen molar-refractivity contribution in [3.8, 4) is 5.75 Å². The summed E-state index contributed by atoms with van der Waals surface area (Å²) in [5.41, 5.74) is -0.532. The molecule has 0 amide bonds. The van der Waals surface area contributed by atoms with Crippen molar-refractivity contribution < 1.29 is 19.1 Å². The summed E-state index contributed by atoms with van der Waals surface area (Å²) in [5, 5.41) is 8.49. The van der Waals surface area contributed by atoms with E-state index in [2.05, 4.69) is 11.0 Å². The highest BCUT2D eigenvalue weighted by Gasteiger charge is 2.09. The van der Waals surface area contributed by atoms with E-state index in [0.29, 0.717) is 0 Å². The van der Waals surface area contributed by atoms with Gasteiger partial charge in [-0.15, -0.1) is 0 Å². The number of aromatic carboxylic acids is 1. The Labute approximate surface area is 79.2 Å². The summed E-state index contributed by atoms with van der Waals surface area (Å²) in [6, 6.07) is 0.862. The second-order valence-electron chi connectivity index (χ2n) is 2.38. The zero-order chi connectivity index (χ0) is 10.6. The van der Waals surface area contributed by atoms with E-state index in [1.54, 1.807) is 0 Å². The minimum atomic E-state index is -1.29. The van der Waals surface area contributed by atoms with E-state index in [-0.39, 0.29) is 12.4 Å². The topological polar surface area (TPSA) is 76.7 Å². The maximum absolute atomic E-state index is 11.2. The molecule has 0 radical (unpaired) electrons. The van der Waals surface area contributed by atoms with Crippen LogP contribution in [0.3, 0.4) is 0 Å². The fourth-order valence-electron chi connectivity index (χ4n) is 0.765. The average Bonchev–Trinajstić information content (AvgIpc) is 2.15. The van der Waals surface area contributed by atoms with Gasteiger partial charge in [0.15, 0.2) is 0 Å². The van der Waals surface area contributed by atoms with E-state index in [0.717, 1.165) is 12.3 Å². The van der Waals surface area contributed by atoms with E-state index in [4.69, 9.17) is 9.84 Å². The van der Waals surface area contributed by atoms with Gasteiger partial charge in [0.25, 0.3) is 0 Å². The molecule has 0 aliphatic carbocycles. The van der Waals surface area contributed by atoms with Gasteiger partial charge in [-0.3, -0.25) is 4.79 Å². The fourth-order valence-corrected chi connectivity index (χ4v) is 0.765. The predicted octanol–water partition coefficient (Wildman–Crippen LogP) is 0.903. The molecule has 1 heterocycles. The second kappa shape index (κ2) is 4.27. The van der Waals surface area contributed by atoms with Crippen molar-refractivity contribution >= 4 is 5.97 Å². The van der Waals surface area contributed by atoms with Crippen LogP contribution < -0.4 is 10.2 Å². The number of ether oxygens (including phenoxy) is 1. The smallest absolute Gasteiger partial charge is 0.371 e. The molecule has 1 N–H and O–H groups in total. The minimum absolute atomic E-state index is 0.0325. The van der Waals surface area contributed by atoms with Crippen molar-refractivity contribution in [1.82, 2.24) is 0 Å². The van der Waals surface area contributed by atoms with Gasteiger partial charge in [-0.05, 0) is 0 Å². The van der Waals surface area contributed by atoms with Crippen LogP contribution in [0.1, 0.15) is 10.6 Å². The van der Waals surface area contributed by atoms with Gasteiger partial charge in [-0.2, -0.15) is 0 Å². The van der Waals surface area contributed by atoms with Crippen molar-refractivity contribution in [2.24, 2.45) is 0 Å². The molecule has 74 valence electrons. The monoisotopic (exact) mass is 196 g/mol. The zero-order valence-corrected chi connectivity index (χ0v) is 7.23. The number of carboxylic acid groups (broad SMARTS) is 1. The zero-order valence-electron chi connectivity index (χ0n) is 7.23. The summed E-state index contributed by atoms with van der Waals surface area (Å²) in [7, 11) is 0. The Kier molecular flexibility index (Phi) is 3.06. The van der Waals surface area contributed by atoms with Crippen LogP contribution >= 0.6 is 0 Å². The van der Waals surface area contributed by atoms with E-state index in [9.17, 15) is 9.59 Å². The number of hydrogen-bond acceptors (Lipinski definition) is 4. The maximum Gasteiger partial charge on any atom is 0.371 e. The molecule has 1 rings (SSSR count). The van der Waals surface area contributed by atoms with Gasteiger partial charge in [-0.1, -0.05) is 12.7 Å². The first kappa shape index (κ1) is 10.0. The predicted molar refractivity (Wildman–Crippen MR) is 47.6 cm³/mol. The van der Waals surface area contributed by atoms with Crippen LogP contribution in [0.4, 0.5) is 0 Å². The lowest BCUT2D eigenvalue weighted by atomic mass is 10.4. The van der Waals surface area contributed by atoms with Gasteiger partial charge in [0.2, 0.25) is 16.9 Å². The van der Waals surface area contributed by atoms with E-state index in [1.807, 2.05) is 0 Å². The Bertz CT molecular complexity index is 404. The number of rotatable bonds is 4. The molecule has 5 nitrogen and oxygen atoms in total. The molecule has 5 heteroatoms. The minimum Gasteiger partial charge on any atom is -0.482 e. The van der Waals surface area contributed by atoms with Crippen LogP contribution in [0.5, 0.6) is 5.75 Å². The first-order chi connectivity index (χ1) is 6.65. The molecule has 0 aliphatic rings. The molecule has 1 aromatic heterocycles. The molecule has 0 aromatic carbocycles. The summed E-state index contributed by atoms with van der Waals surface area (Å²) in [6.45, 7) is 3.56. The highest BCUT2D eigenvalue weighted by atomic mass is 16.5. The molecule has 0 spiro atoms. The number of carbonyl (C=O) groups is 1. The van der Waals surface area contributed by atoms with Crippen molar-refractivity contribution in [2.45, 2.75) is 0 Å². The van der Waals surface area contributed by atoms with Gasteiger partial charge >= 0.3 is 5.97 Å². The Morgan fingerprint density at radius 2 is 2.43 bits per heavy atom. The molecule has 0 unspecified atom stereocenters. The van der Waals surface area contributed by atoms with Crippen LogP contribution in [0.2, 0.25) is 0 Å². The van der Waals surface area contributed by atoms with Crippen molar-refractivity contribution in [2.75, 3.05) is 6.61 Å². The lowest BCUT2D eigenvalue weighted by molar-refractivity contribution is 0.0658. The normalized spacial score (nSPS) is 9.43. The van der Waals surface area contributed by atoms with Crippen LogP contribution in [-0.2, 0) is 0 Å². The van der Waals surface area contributed by atoms with E-state index >= 15 is 0 Å². The first-order valence-corrected chi connectivity index (χ1v) is 3.75. The first-order valence-electron chi connectivity index (χ1n) is 3.75. The van der Waals surface area contributed by atoms with Crippen LogP contribution in [0.25, 0.3) is 0 Å². The quantitative estimate of drug-likeness (QED) is 0.724. The van der Waals surface area contributed by atoms with Crippen molar-refractivity contribution in [3.63, 3.8) is 0 Å².